The van der Waals surface area contributed by atoms with Crippen LogP contribution >= 0.6 is 0 Å². The zero-order chi connectivity index (χ0) is 41.9. The molecular weight excluding hydrogens is 896 g/mol. The minimum atomic E-state index is -2.94. The first-order valence-corrected chi connectivity index (χ1v) is 25.5. The van der Waals surface area contributed by atoms with Crippen LogP contribution in [0.15, 0.2) is 179 Å². The van der Waals surface area contributed by atoms with Crippen LogP contribution in [-0.4, -0.2) is 20.2 Å². The van der Waals surface area contributed by atoms with E-state index < -0.39 is 20.2 Å². The Morgan fingerprint density at radius 1 is 0.391 bits per heavy atom. The average molecular weight is 931 g/mol. The first kappa shape index (κ1) is 35.0. The van der Waals surface area contributed by atoms with E-state index in [1.807, 2.05) is 0 Å². The Morgan fingerprint density at radius 3 is 1.36 bits per heavy atom. The topological polar surface area (TPSA) is 48.0 Å². The van der Waals surface area contributed by atoms with E-state index in [-0.39, 0.29) is 0 Å². The van der Waals surface area contributed by atoms with Gasteiger partial charge in [-0.05, 0) is 0 Å². The Kier molecular flexibility index (Phi) is 6.90. The van der Waals surface area contributed by atoms with E-state index in [4.69, 9.17) is 18.3 Å². The number of hydrogen-bond acceptors (Lipinski definition) is 5. The second-order valence-corrected chi connectivity index (χ2v) is 23.2. The van der Waals surface area contributed by atoms with Crippen LogP contribution in [0.2, 0.25) is 0 Å². The van der Waals surface area contributed by atoms with Gasteiger partial charge < -0.3 is 0 Å². The van der Waals surface area contributed by atoms with Gasteiger partial charge in [-0.2, -0.15) is 0 Å². The van der Waals surface area contributed by atoms with E-state index in [9.17, 15) is 0 Å². The first-order chi connectivity index (χ1) is 31.5. The summed E-state index contributed by atoms with van der Waals surface area (Å²) in [5.41, 5.74) is 13.7. The molecule has 15 rings (SSSR count). The molecule has 0 amide bonds. The van der Waals surface area contributed by atoms with Crippen molar-refractivity contribution in [2.24, 2.45) is 0 Å². The summed E-state index contributed by atoms with van der Waals surface area (Å²) in [7, 11) is 0. The van der Waals surface area contributed by atoms with Crippen LogP contribution in [0, 0.1) is 13.8 Å². The molecule has 2 aromatic heterocycles. The monoisotopic (exact) mass is 929 g/mol. The molecule has 3 aliphatic rings. The van der Waals surface area contributed by atoms with Gasteiger partial charge in [0.15, 0.2) is 0 Å². The third kappa shape index (κ3) is 4.80. The van der Waals surface area contributed by atoms with E-state index in [2.05, 4.69) is 189 Å². The number of ether oxygens (including phenoxy) is 2. The number of hydrogen-bond donors (Lipinski definition) is 0. The summed E-state index contributed by atoms with van der Waals surface area (Å²) in [5, 5.41) is 9.15. The molecule has 0 bridgehead atoms. The summed E-state index contributed by atoms with van der Waals surface area (Å²) in [5.74, 6) is 3.72. The van der Waals surface area contributed by atoms with Crippen LogP contribution in [0.4, 0.5) is 17.1 Å². The Balaban J connectivity index is 0.982. The third-order valence-corrected chi connectivity index (χ3v) is 21.1. The number of rotatable bonds is 3. The summed E-state index contributed by atoms with van der Waals surface area (Å²) in [6.45, 7) is 4.28. The van der Waals surface area contributed by atoms with Gasteiger partial charge in [-0.3, -0.25) is 0 Å². The quantitative estimate of drug-likeness (QED) is 0.165. The standard InChI is InChI=1S/C58H34NO4.Sb/c1-34-11-15-42(16-12-34)59-43-17-19-47(40-13-21-53-49(27-40)51-25-36-7-3-5-9-38(36)29-55(51)62-53)57(31-43)60-45-23-35(2)24-46(33-45)61-58-32-44(59)18-20-48(58)41-14-22-54-50(28-41)52-26-37-8-4-6-10-39(37)30-56(52)63-54;/h3-30H,1-2H3;. The maximum absolute atomic E-state index is 7.29. The molecule has 6 heteroatoms. The molecule has 300 valence electrons. The molecule has 0 atom stereocenters. The van der Waals surface area contributed by atoms with Crippen molar-refractivity contribution in [2.75, 3.05) is 4.90 Å². The second kappa shape index (κ2) is 12.6. The Bertz CT molecular complexity index is 3830. The molecule has 0 spiro atoms. The Labute approximate surface area is 374 Å². The molecule has 5 nitrogen and oxygen atoms in total. The van der Waals surface area contributed by atoms with Gasteiger partial charge in [0, 0.05) is 0 Å². The fraction of sp³-hybridized carbons (Fsp3) is 0.0345. The predicted octanol–water partition coefficient (Wildman–Crippen LogP) is 14.3. The van der Waals surface area contributed by atoms with Gasteiger partial charge in [-0.15, -0.1) is 0 Å². The van der Waals surface area contributed by atoms with Crippen LogP contribution in [0.5, 0.6) is 23.0 Å². The molecule has 0 N–H and O–H groups in total. The van der Waals surface area contributed by atoms with Gasteiger partial charge in [0.25, 0.3) is 0 Å². The summed E-state index contributed by atoms with van der Waals surface area (Å²) in [6, 6.07) is 61.5. The molecule has 0 saturated heterocycles. The predicted molar refractivity (Wildman–Crippen MR) is 262 cm³/mol. The average Bonchev–Trinajstić information content (AvgIpc) is 3.86. The number of fused-ring (bicyclic) bond motifs is 8. The molecule has 10 aromatic carbocycles. The molecule has 5 heterocycles. The molecular formula is C58H34NO4Sb. The molecule has 0 aliphatic carbocycles. The van der Waals surface area contributed by atoms with Gasteiger partial charge in [-0.25, -0.2) is 0 Å². The van der Waals surface area contributed by atoms with Gasteiger partial charge in [0.2, 0.25) is 0 Å². The van der Waals surface area contributed by atoms with Crippen molar-refractivity contribution < 1.29 is 18.3 Å². The zero-order valence-electron chi connectivity index (χ0n) is 34.7. The summed E-state index contributed by atoms with van der Waals surface area (Å²) in [6.07, 6.45) is 0. The number of furan rings is 2. The van der Waals surface area contributed by atoms with E-state index in [0.29, 0.717) is 0 Å². The second-order valence-electron chi connectivity index (χ2n) is 17.5. The van der Waals surface area contributed by atoms with Gasteiger partial charge in [0.1, 0.15) is 0 Å². The van der Waals surface area contributed by atoms with Crippen molar-refractivity contribution in [3.05, 3.63) is 181 Å². The molecule has 0 fully saturated rings. The number of benzene rings is 10. The zero-order valence-corrected chi connectivity index (χ0v) is 37.2. The number of aryl methyl sites for hydroxylation is 2. The van der Waals surface area contributed by atoms with Crippen molar-refractivity contribution in [2.45, 2.75) is 13.8 Å². The van der Waals surface area contributed by atoms with E-state index in [1.165, 1.54) is 49.0 Å². The molecule has 3 aliphatic heterocycles. The van der Waals surface area contributed by atoms with Crippen LogP contribution < -0.4 is 24.9 Å². The van der Waals surface area contributed by atoms with Crippen LogP contribution in [-0.2, 0) is 0 Å². The maximum atomic E-state index is 7.29. The third-order valence-electron chi connectivity index (χ3n) is 13.6. The summed E-state index contributed by atoms with van der Waals surface area (Å²) in [4.78, 5) is 2.44. The van der Waals surface area contributed by atoms with Gasteiger partial charge in [0.05, 0.1) is 0 Å². The van der Waals surface area contributed by atoms with Crippen LogP contribution in [0.1, 0.15) is 11.1 Å². The molecule has 12 aromatic rings. The van der Waals surface area contributed by atoms with Crippen LogP contribution in [0.3, 0.4) is 0 Å². The van der Waals surface area contributed by atoms with E-state index >= 15 is 0 Å². The SMILES string of the molecule is Cc1ccc(N2c3ccc(-c4ccc5oc6cc7ccccc7cc6c5c4)c4[c]3[Sb]3[c]5c(cc(C)cc5Oc5c(-c6ccc7oc8cc9ccccc9cc8c7c6)ccc2[c]53)O4)cc1. The molecule has 0 radical (unpaired) electrons. The van der Waals surface area contributed by atoms with Gasteiger partial charge in [-0.1, -0.05) is 0 Å². The normalized spacial score (nSPS) is 13.6. The fourth-order valence-corrected chi connectivity index (χ4v) is 18.8. The summed E-state index contributed by atoms with van der Waals surface area (Å²) >= 11 is -2.94. The molecule has 0 unspecified atom stereocenters. The van der Waals surface area contributed by atoms with Crippen molar-refractivity contribution in [1.82, 2.24) is 0 Å². The first-order valence-electron chi connectivity index (χ1n) is 21.7. The number of nitrogens with zero attached hydrogens (tertiary/aromatic N) is 1. The summed E-state index contributed by atoms with van der Waals surface area (Å²) < 4.78 is 31.4. The van der Waals surface area contributed by atoms with Crippen molar-refractivity contribution in [1.29, 1.82) is 0 Å². The van der Waals surface area contributed by atoms with E-state index in [1.54, 1.807) is 0 Å². The van der Waals surface area contributed by atoms with Crippen LogP contribution in [0.25, 0.3) is 87.7 Å². The van der Waals surface area contributed by atoms with Crippen molar-refractivity contribution >= 4 is 113 Å². The van der Waals surface area contributed by atoms with Gasteiger partial charge >= 0.3 is 377 Å². The number of anilines is 3. The van der Waals surface area contributed by atoms with Crippen molar-refractivity contribution in [3.63, 3.8) is 0 Å². The fourth-order valence-electron chi connectivity index (χ4n) is 10.6. The van der Waals surface area contributed by atoms with Crippen molar-refractivity contribution in [3.8, 4) is 45.3 Å². The van der Waals surface area contributed by atoms with E-state index in [0.717, 1.165) is 100 Å². The molecule has 64 heavy (non-hydrogen) atoms. The Morgan fingerprint density at radius 2 is 0.859 bits per heavy atom. The minimum absolute atomic E-state index is 0.876. The Hall–Kier alpha value is -7.46. The molecule has 0 saturated carbocycles.